The zero-order chi connectivity index (χ0) is 10.9. The maximum atomic E-state index is 4.30. The Labute approximate surface area is 92.1 Å². The van der Waals surface area contributed by atoms with Gasteiger partial charge in [-0.3, -0.25) is 4.98 Å². The molecule has 1 aromatic heterocycles. The zero-order valence-electron chi connectivity index (χ0n) is 9.88. The van der Waals surface area contributed by atoms with Crippen LogP contribution >= 0.6 is 0 Å². The van der Waals surface area contributed by atoms with Gasteiger partial charge in [0, 0.05) is 18.4 Å². The topological polar surface area (TPSA) is 24.9 Å². The van der Waals surface area contributed by atoms with Crippen molar-refractivity contribution in [2.24, 2.45) is 0 Å². The molecule has 1 saturated carbocycles. The van der Waals surface area contributed by atoms with Crippen LogP contribution in [0, 0.1) is 6.92 Å². The van der Waals surface area contributed by atoms with Gasteiger partial charge in [-0.2, -0.15) is 0 Å². The molecule has 0 saturated heterocycles. The third kappa shape index (κ3) is 2.05. The van der Waals surface area contributed by atoms with Gasteiger partial charge in [0.2, 0.25) is 0 Å². The zero-order valence-corrected chi connectivity index (χ0v) is 9.88. The quantitative estimate of drug-likeness (QED) is 0.800. The summed E-state index contributed by atoms with van der Waals surface area (Å²) in [6.45, 7) is 4.48. The highest BCUT2D eigenvalue weighted by atomic mass is 14.9. The van der Waals surface area contributed by atoms with Gasteiger partial charge in [-0.25, -0.2) is 0 Å². The minimum absolute atomic E-state index is 0.326. The molecule has 0 aliphatic heterocycles. The van der Waals surface area contributed by atoms with Crippen LogP contribution in [0.3, 0.4) is 0 Å². The van der Waals surface area contributed by atoms with Crippen molar-refractivity contribution in [2.75, 3.05) is 7.05 Å². The number of aromatic nitrogens is 1. The molecular weight excluding hydrogens is 184 g/mol. The molecule has 1 heterocycles. The van der Waals surface area contributed by atoms with E-state index >= 15 is 0 Å². The maximum absolute atomic E-state index is 4.30. The number of aryl methyl sites for hydroxylation is 1. The van der Waals surface area contributed by atoms with E-state index in [1.165, 1.54) is 30.4 Å². The number of nitrogens with one attached hydrogen (secondary N) is 1. The minimum atomic E-state index is 0.326. The smallest absolute Gasteiger partial charge is 0.0305 e. The van der Waals surface area contributed by atoms with Crippen molar-refractivity contribution >= 4 is 0 Å². The van der Waals surface area contributed by atoms with Crippen molar-refractivity contribution in [3.8, 4) is 0 Å². The molecule has 1 aromatic rings. The van der Waals surface area contributed by atoms with Crippen molar-refractivity contribution in [1.29, 1.82) is 0 Å². The molecule has 0 amide bonds. The van der Waals surface area contributed by atoms with E-state index in [0.717, 1.165) is 0 Å². The predicted octanol–water partition coefficient (Wildman–Crippen LogP) is 2.42. The van der Waals surface area contributed by atoms with Crippen LogP contribution in [0.2, 0.25) is 0 Å². The van der Waals surface area contributed by atoms with Crippen LogP contribution in [0.15, 0.2) is 18.5 Å². The molecule has 1 aliphatic carbocycles. The molecule has 0 spiro atoms. The Bertz CT molecular complexity index is 348. The van der Waals surface area contributed by atoms with E-state index in [-0.39, 0.29) is 0 Å². The summed E-state index contributed by atoms with van der Waals surface area (Å²) in [5, 5.41) is 3.38. The largest absolute Gasteiger partial charge is 0.317 e. The van der Waals surface area contributed by atoms with Crippen LogP contribution < -0.4 is 5.32 Å². The van der Waals surface area contributed by atoms with Gasteiger partial charge < -0.3 is 5.32 Å². The number of hydrogen-bond donors (Lipinski definition) is 1. The second-order valence-corrected chi connectivity index (χ2v) is 5.04. The number of rotatable bonds is 2. The standard InChI is InChI=1S/C13H20N2/c1-10-6-11(9-15-8-10)13(2)5-4-12(7-13)14-3/h6,8-9,12,14H,4-5,7H2,1-3H3. The van der Waals surface area contributed by atoms with E-state index < -0.39 is 0 Å². The van der Waals surface area contributed by atoms with Gasteiger partial charge in [-0.15, -0.1) is 0 Å². The first-order chi connectivity index (χ1) is 7.14. The Morgan fingerprint density at radius 3 is 2.87 bits per heavy atom. The van der Waals surface area contributed by atoms with Crippen molar-refractivity contribution < 1.29 is 0 Å². The Morgan fingerprint density at radius 2 is 2.27 bits per heavy atom. The number of nitrogens with zero attached hydrogens (tertiary/aromatic N) is 1. The van der Waals surface area contributed by atoms with Gasteiger partial charge in [-0.1, -0.05) is 13.0 Å². The molecule has 2 heteroatoms. The molecule has 1 aliphatic rings. The molecule has 0 bridgehead atoms. The van der Waals surface area contributed by atoms with E-state index in [1.54, 1.807) is 0 Å². The van der Waals surface area contributed by atoms with Crippen molar-refractivity contribution in [3.05, 3.63) is 29.6 Å². The van der Waals surface area contributed by atoms with Crippen LogP contribution in [-0.2, 0) is 5.41 Å². The number of pyridine rings is 1. The highest BCUT2D eigenvalue weighted by molar-refractivity contribution is 5.26. The molecule has 0 aromatic carbocycles. The Hall–Kier alpha value is -0.890. The summed E-state index contributed by atoms with van der Waals surface area (Å²) in [6, 6.07) is 2.96. The average Bonchev–Trinajstić information content (AvgIpc) is 2.62. The van der Waals surface area contributed by atoms with E-state index in [2.05, 4.69) is 37.3 Å². The Balaban J connectivity index is 2.23. The molecule has 1 N–H and O–H groups in total. The van der Waals surface area contributed by atoms with Crippen molar-refractivity contribution in [3.63, 3.8) is 0 Å². The molecule has 2 atom stereocenters. The van der Waals surface area contributed by atoms with Crippen LogP contribution in [0.1, 0.15) is 37.3 Å². The molecule has 82 valence electrons. The lowest BCUT2D eigenvalue weighted by atomic mass is 9.81. The SMILES string of the molecule is CNC1CCC(C)(c2cncc(C)c2)C1. The molecule has 2 rings (SSSR count). The average molecular weight is 204 g/mol. The summed E-state index contributed by atoms with van der Waals surface area (Å²) in [7, 11) is 2.06. The van der Waals surface area contributed by atoms with Gasteiger partial charge in [0.25, 0.3) is 0 Å². The predicted molar refractivity (Wildman–Crippen MR) is 63.0 cm³/mol. The first-order valence-corrected chi connectivity index (χ1v) is 5.73. The lowest BCUT2D eigenvalue weighted by molar-refractivity contribution is 0.465. The first-order valence-electron chi connectivity index (χ1n) is 5.73. The minimum Gasteiger partial charge on any atom is -0.317 e. The molecular formula is C13H20N2. The monoisotopic (exact) mass is 204 g/mol. The van der Waals surface area contributed by atoms with Gasteiger partial charge in [-0.05, 0) is 49.8 Å². The summed E-state index contributed by atoms with van der Waals surface area (Å²) in [5.41, 5.74) is 2.99. The fourth-order valence-corrected chi connectivity index (χ4v) is 2.63. The van der Waals surface area contributed by atoms with Gasteiger partial charge in [0.05, 0.1) is 0 Å². The van der Waals surface area contributed by atoms with E-state index in [9.17, 15) is 0 Å². The summed E-state index contributed by atoms with van der Waals surface area (Å²) < 4.78 is 0. The molecule has 1 fully saturated rings. The Kier molecular flexibility index (Phi) is 2.79. The molecule has 0 radical (unpaired) electrons. The summed E-state index contributed by atoms with van der Waals surface area (Å²) >= 11 is 0. The molecule has 2 nitrogen and oxygen atoms in total. The van der Waals surface area contributed by atoms with E-state index in [4.69, 9.17) is 0 Å². The molecule has 2 unspecified atom stereocenters. The van der Waals surface area contributed by atoms with Crippen LogP contribution in [0.5, 0.6) is 0 Å². The van der Waals surface area contributed by atoms with Crippen LogP contribution in [0.25, 0.3) is 0 Å². The third-order valence-electron chi connectivity index (χ3n) is 3.72. The van der Waals surface area contributed by atoms with Crippen LogP contribution in [0.4, 0.5) is 0 Å². The highest BCUT2D eigenvalue weighted by Crippen LogP contribution is 2.40. The fraction of sp³-hybridized carbons (Fsp3) is 0.615. The molecule has 15 heavy (non-hydrogen) atoms. The van der Waals surface area contributed by atoms with Gasteiger partial charge >= 0.3 is 0 Å². The number of hydrogen-bond acceptors (Lipinski definition) is 2. The lowest BCUT2D eigenvalue weighted by Crippen LogP contribution is -2.25. The van der Waals surface area contributed by atoms with Crippen molar-refractivity contribution in [2.45, 2.75) is 44.6 Å². The Morgan fingerprint density at radius 1 is 1.47 bits per heavy atom. The fourth-order valence-electron chi connectivity index (χ4n) is 2.63. The second kappa shape index (κ2) is 3.93. The normalized spacial score (nSPS) is 30.7. The van der Waals surface area contributed by atoms with Gasteiger partial charge in [0.15, 0.2) is 0 Å². The van der Waals surface area contributed by atoms with Gasteiger partial charge in [0.1, 0.15) is 0 Å². The third-order valence-corrected chi connectivity index (χ3v) is 3.72. The maximum Gasteiger partial charge on any atom is 0.0305 e. The first kappa shape index (κ1) is 10.6. The summed E-state index contributed by atoms with van der Waals surface area (Å²) in [6.07, 6.45) is 7.74. The van der Waals surface area contributed by atoms with Crippen LogP contribution in [-0.4, -0.2) is 18.1 Å². The second-order valence-electron chi connectivity index (χ2n) is 5.04. The van der Waals surface area contributed by atoms with E-state index in [1.807, 2.05) is 12.4 Å². The van der Waals surface area contributed by atoms with E-state index in [0.29, 0.717) is 11.5 Å². The highest BCUT2D eigenvalue weighted by Gasteiger charge is 2.35. The summed E-state index contributed by atoms with van der Waals surface area (Å²) in [5.74, 6) is 0. The summed E-state index contributed by atoms with van der Waals surface area (Å²) in [4.78, 5) is 4.30. The van der Waals surface area contributed by atoms with Crippen molar-refractivity contribution in [1.82, 2.24) is 10.3 Å². The lowest BCUT2D eigenvalue weighted by Gasteiger charge is -2.24.